The number of sulfonamides is 1. The second-order valence-electron chi connectivity index (χ2n) is 4.68. The molecule has 0 heterocycles. The number of hydrogen-bond acceptors (Lipinski definition) is 2. The van der Waals surface area contributed by atoms with Gasteiger partial charge in [-0.3, -0.25) is 0 Å². The van der Waals surface area contributed by atoms with Crippen LogP contribution in [-0.2, 0) is 22.7 Å². The zero-order valence-electron chi connectivity index (χ0n) is 11.7. The standard InChI is InChI=1S/C14H9F6NO2S/c15-11-5-4-8(12(16)13(11)17)7-21-24(22,23)10-3-1-2-9(6-10)14(18,19)20/h1-6,21H,7H2. The van der Waals surface area contributed by atoms with Gasteiger partial charge in [0.2, 0.25) is 10.0 Å². The lowest BCUT2D eigenvalue weighted by atomic mass is 10.2. The number of hydrogen-bond donors (Lipinski definition) is 1. The third-order valence-electron chi connectivity index (χ3n) is 3.04. The van der Waals surface area contributed by atoms with Crippen LogP contribution in [0.4, 0.5) is 26.3 Å². The lowest BCUT2D eigenvalue weighted by Crippen LogP contribution is -2.24. The molecule has 0 spiro atoms. The van der Waals surface area contributed by atoms with Gasteiger partial charge in [-0.2, -0.15) is 13.2 Å². The Morgan fingerprint density at radius 3 is 2.25 bits per heavy atom. The fourth-order valence-corrected chi connectivity index (χ4v) is 2.85. The minimum atomic E-state index is -4.74. The van der Waals surface area contributed by atoms with Gasteiger partial charge in [0.25, 0.3) is 0 Å². The molecule has 0 aliphatic rings. The van der Waals surface area contributed by atoms with Crippen LogP contribution in [0.1, 0.15) is 11.1 Å². The Labute approximate surface area is 133 Å². The van der Waals surface area contributed by atoms with E-state index in [1.807, 2.05) is 4.72 Å². The van der Waals surface area contributed by atoms with Crippen LogP contribution >= 0.6 is 0 Å². The number of halogens is 6. The number of benzene rings is 2. The first-order valence-corrected chi connectivity index (χ1v) is 7.80. The first kappa shape index (κ1) is 18.3. The Hall–Kier alpha value is -2.07. The molecular formula is C14H9F6NO2S. The highest BCUT2D eigenvalue weighted by atomic mass is 32.2. The summed E-state index contributed by atoms with van der Waals surface area (Å²) in [5, 5.41) is 0. The minimum absolute atomic E-state index is 0.407. The molecule has 0 aliphatic carbocycles. The summed E-state index contributed by atoms with van der Waals surface area (Å²) >= 11 is 0. The largest absolute Gasteiger partial charge is 0.416 e. The van der Waals surface area contributed by atoms with E-state index in [2.05, 4.69) is 0 Å². The van der Waals surface area contributed by atoms with E-state index in [0.29, 0.717) is 18.2 Å². The molecule has 0 aromatic heterocycles. The Morgan fingerprint density at radius 1 is 0.958 bits per heavy atom. The van der Waals surface area contributed by atoms with Gasteiger partial charge in [0, 0.05) is 12.1 Å². The molecule has 0 saturated heterocycles. The molecule has 3 nitrogen and oxygen atoms in total. The van der Waals surface area contributed by atoms with Crippen LogP contribution in [0.15, 0.2) is 41.3 Å². The third kappa shape index (κ3) is 3.88. The molecule has 2 aromatic carbocycles. The van der Waals surface area contributed by atoms with Crippen molar-refractivity contribution in [1.29, 1.82) is 0 Å². The van der Waals surface area contributed by atoms with Crippen molar-refractivity contribution in [2.24, 2.45) is 0 Å². The molecule has 0 bridgehead atoms. The van der Waals surface area contributed by atoms with E-state index in [1.165, 1.54) is 0 Å². The third-order valence-corrected chi connectivity index (χ3v) is 4.44. The monoisotopic (exact) mass is 369 g/mol. The van der Waals surface area contributed by atoms with E-state index in [-0.39, 0.29) is 0 Å². The van der Waals surface area contributed by atoms with Gasteiger partial charge in [0.15, 0.2) is 17.5 Å². The summed E-state index contributed by atoms with van der Waals surface area (Å²) < 4.78 is 103. The van der Waals surface area contributed by atoms with Crippen molar-refractivity contribution in [3.8, 4) is 0 Å². The summed E-state index contributed by atoms with van der Waals surface area (Å²) in [5.41, 5.74) is -1.67. The molecule has 0 amide bonds. The van der Waals surface area contributed by atoms with E-state index >= 15 is 0 Å². The Balaban J connectivity index is 2.25. The van der Waals surface area contributed by atoms with Crippen molar-refractivity contribution in [3.63, 3.8) is 0 Å². The average molecular weight is 369 g/mol. The summed E-state index contributed by atoms with van der Waals surface area (Å²) in [6, 6.07) is 4.33. The van der Waals surface area contributed by atoms with Crippen molar-refractivity contribution in [1.82, 2.24) is 4.72 Å². The highest BCUT2D eigenvalue weighted by Crippen LogP contribution is 2.30. The zero-order valence-corrected chi connectivity index (χ0v) is 12.5. The Bertz CT molecular complexity index is 864. The molecule has 0 radical (unpaired) electrons. The predicted molar refractivity (Wildman–Crippen MR) is 71.8 cm³/mol. The summed E-state index contributed by atoms with van der Waals surface area (Å²) in [6.07, 6.45) is -4.74. The first-order valence-electron chi connectivity index (χ1n) is 6.31. The van der Waals surface area contributed by atoms with Gasteiger partial charge in [0.1, 0.15) is 0 Å². The van der Waals surface area contributed by atoms with E-state index in [9.17, 15) is 34.8 Å². The normalized spacial score (nSPS) is 12.4. The Morgan fingerprint density at radius 2 is 1.62 bits per heavy atom. The fourth-order valence-electron chi connectivity index (χ4n) is 1.80. The topological polar surface area (TPSA) is 46.2 Å². The minimum Gasteiger partial charge on any atom is -0.207 e. The highest BCUT2D eigenvalue weighted by molar-refractivity contribution is 7.89. The molecule has 0 atom stereocenters. The maximum absolute atomic E-state index is 13.5. The molecule has 130 valence electrons. The van der Waals surface area contributed by atoms with Crippen molar-refractivity contribution in [2.45, 2.75) is 17.6 Å². The SMILES string of the molecule is O=S(=O)(NCc1ccc(F)c(F)c1F)c1cccc(C(F)(F)F)c1. The van der Waals surface area contributed by atoms with Crippen LogP contribution in [-0.4, -0.2) is 8.42 Å². The number of nitrogens with one attached hydrogen (secondary N) is 1. The Kier molecular flexibility index (Phi) is 4.90. The van der Waals surface area contributed by atoms with Crippen LogP contribution in [0.2, 0.25) is 0 Å². The van der Waals surface area contributed by atoms with Crippen molar-refractivity contribution >= 4 is 10.0 Å². The van der Waals surface area contributed by atoms with Crippen molar-refractivity contribution in [3.05, 3.63) is 65.0 Å². The maximum atomic E-state index is 13.5. The van der Waals surface area contributed by atoms with E-state index in [1.54, 1.807) is 0 Å². The quantitative estimate of drug-likeness (QED) is 0.661. The molecule has 0 saturated carbocycles. The second-order valence-corrected chi connectivity index (χ2v) is 6.45. The summed E-state index contributed by atoms with van der Waals surface area (Å²) in [5.74, 6) is -4.80. The van der Waals surface area contributed by atoms with Gasteiger partial charge in [-0.25, -0.2) is 26.3 Å². The van der Waals surface area contributed by atoms with Crippen molar-refractivity contribution in [2.75, 3.05) is 0 Å². The van der Waals surface area contributed by atoms with Crippen molar-refractivity contribution < 1.29 is 34.8 Å². The second kappa shape index (κ2) is 6.44. The molecule has 0 aliphatic heterocycles. The molecule has 2 rings (SSSR count). The molecule has 10 heteroatoms. The van der Waals surface area contributed by atoms with E-state index in [0.717, 1.165) is 18.2 Å². The molecule has 2 aromatic rings. The van der Waals surface area contributed by atoms with Gasteiger partial charge < -0.3 is 0 Å². The summed E-state index contributed by atoms with van der Waals surface area (Å²) in [6.45, 7) is -0.762. The van der Waals surface area contributed by atoms with Crippen LogP contribution in [0.25, 0.3) is 0 Å². The van der Waals surface area contributed by atoms with Crippen LogP contribution in [0.3, 0.4) is 0 Å². The number of rotatable bonds is 4. The zero-order chi connectivity index (χ0) is 18.1. The maximum Gasteiger partial charge on any atom is 0.416 e. The highest BCUT2D eigenvalue weighted by Gasteiger charge is 2.31. The molecular weight excluding hydrogens is 360 g/mol. The van der Waals surface area contributed by atoms with Gasteiger partial charge in [0.05, 0.1) is 10.5 Å². The van der Waals surface area contributed by atoms with Gasteiger partial charge >= 0.3 is 6.18 Å². The summed E-state index contributed by atoms with van der Waals surface area (Å²) in [4.78, 5) is -0.694. The van der Waals surface area contributed by atoms with Gasteiger partial charge in [-0.1, -0.05) is 12.1 Å². The molecule has 0 fully saturated rings. The molecule has 0 unspecified atom stereocenters. The first-order chi connectivity index (χ1) is 11.0. The molecule has 1 N–H and O–H groups in total. The smallest absolute Gasteiger partial charge is 0.207 e. The van der Waals surface area contributed by atoms with Gasteiger partial charge in [-0.15, -0.1) is 0 Å². The van der Waals surface area contributed by atoms with Crippen LogP contribution in [0.5, 0.6) is 0 Å². The number of alkyl halides is 3. The van der Waals surface area contributed by atoms with Crippen LogP contribution in [0, 0.1) is 17.5 Å². The molecule has 24 heavy (non-hydrogen) atoms. The van der Waals surface area contributed by atoms with Crippen LogP contribution < -0.4 is 4.72 Å². The predicted octanol–water partition coefficient (Wildman–Crippen LogP) is 3.60. The summed E-state index contributed by atoms with van der Waals surface area (Å²) in [7, 11) is -4.41. The lowest BCUT2D eigenvalue weighted by Gasteiger charge is -2.11. The fraction of sp³-hybridized carbons (Fsp3) is 0.143. The van der Waals surface area contributed by atoms with Gasteiger partial charge in [-0.05, 0) is 24.3 Å². The average Bonchev–Trinajstić information content (AvgIpc) is 2.51. The van der Waals surface area contributed by atoms with E-state index < -0.39 is 56.2 Å². The lowest BCUT2D eigenvalue weighted by molar-refractivity contribution is -0.137. The van der Waals surface area contributed by atoms with E-state index in [4.69, 9.17) is 0 Å².